The maximum Gasteiger partial charge on any atom is 0.338 e. The minimum Gasteiger partial charge on any atom is -0.494 e. The molecular weight excluding hydrogens is 422 g/mol. The van der Waals surface area contributed by atoms with E-state index in [0.717, 1.165) is 43.3 Å². The van der Waals surface area contributed by atoms with Gasteiger partial charge in [0.2, 0.25) is 0 Å². The lowest BCUT2D eigenvalue weighted by molar-refractivity contribution is -0.136. The molecule has 1 aromatic heterocycles. The number of pyridine rings is 1. The Morgan fingerprint density at radius 3 is 2.52 bits per heavy atom. The molecule has 2 N–H and O–H groups in total. The summed E-state index contributed by atoms with van der Waals surface area (Å²) in [5.74, 6) is 1.22. The van der Waals surface area contributed by atoms with Crippen LogP contribution in [0.5, 0.6) is 5.75 Å². The Balaban J connectivity index is 1.53. The van der Waals surface area contributed by atoms with Gasteiger partial charge >= 0.3 is 12.0 Å². The van der Waals surface area contributed by atoms with Crippen LogP contribution in [-0.2, 0) is 9.53 Å². The molecule has 9 nitrogen and oxygen atoms in total. The van der Waals surface area contributed by atoms with Crippen LogP contribution in [0.25, 0.3) is 0 Å². The summed E-state index contributed by atoms with van der Waals surface area (Å²) in [4.78, 5) is 34.2. The third-order valence-electron chi connectivity index (χ3n) is 5.81. The molecule has 3 heterocycles. The van der Waals surface area contributed by atoms with Crippen LogP contribution < -0.4 is 20.3 Å². The van der Waals surface area contributed by atoms with Gasteiger partial charge in [-0.25, -0.2) is 14.6 Å². The normalized spacial score (nSPS) is 19.0. The molecule has 0 saturated carbocycles. The molecule has 2 aromatic rings. The van der Waals surface area contributed by atoms with Crippen molar-refractivity contribution in [2.75, 3.05) is 51.3 Å². The fraction of sp³-hybridized carbons (Fsp3) is 0.375. The monoisotopic (exact) mass is 451 g/mol. The first kappa shape index (κ1) is 22.6. The number of benzene rings is 1. The van der Waals surface area contributed by atoms with Gasteiger partial charge in [0.15, 0.2) is 0 Å². The molecule has 1 fully saturated rings. The second-order valence-corrected chi connectivity index (χ2v) is 7.87. The molecule has 9 heteroatoms. The Bertz CT molecular complexity index is 1000. The molecule has 0 aliphatic carbocycles. The Hall–Kier alpha value is -3.59. The summed E-state index contributed by atoms with van der Waals surface area (Å²) >= 11 is 0. The highest BCUT2D eigenvalue weighted by molar-refractivity contribution is 5.95. The van der Waals surface area contributed by atoms with Crippen LogP contribution in [0.2, 0.25) is 0 Å². The molecule has 1 aromatic carbocycles. The Morgan fingerprint density at radius 2 is 1.88 bits per heavy atom. The molecule has 33 heavy (non-hydrogen) atoms. The number of aromatic nitrogens is 1. The van der Waals surface area contributed by atoms with E-state index in [-0.39, 0.29) is 6.03 Å². The quantitative estimate of drug-likeness (QED) is 0.623. The standard InChI is InChI=1S/C24H29N5O4/c1-3-33-18-9-7-17(8-10-18)22-21(23(30)32-2)19(26-24(31)27-22)16-28-12-14-29(15-13-28)20-6-4-5-11-25-20/h4-11,22H,3,12-16H2,1-2H3,(H2,26,27,31)/t22-/m0/s1. The summed E-state index contributed by atoms with van der Waals surface area (Å²) in [5, 5.41) is 5.70. The van der Waals surface area contributed by atoms with E-state index in [1.807, 2.05) is 49.4 Å². The molecule has 4 rings (SSSR count). The van der Waals surface area contributed by atoms with E-state index in [1.165, 1.54) is 7.11 Å². The summed E-state index contributed by atoms with van der Waals surface area (Å²) in [7, 11) is 1.35. The van der Waals surface area contributed by atoms with Gasteiger partial charge < -0.3 is 25.0 Å². The van der Waals surface area contributed by atoms with Crippen molar-refractivity contribution in [2.24, 2.45) is 0 Å². The van der Waals surface area contributed by atoms with Crippen LogP contribution in [0.3, 0.4) is 0 Å². The Morgan fingerprint density at radius 1 is 1.12 bits per heavy atom. The SMILES string of the molecule is CCOc1ccc([C@@H]2NC(=O)NC(CN3CCN(c4ccccn4)CC3)=C2C(=O)OC)cc1. The number of hydrogen-bond donors (Lipinski definition) is 2. The highest BCUT2D eigenvalue weighted by Gasteiger charge is 2.34. The number of ether oxygens (including phenoxy) is 2. The van der Waals surface area contributed by atoms with Crippen LogP contribution in [0, 0.1) is 0 Å². The van der Waals surface area contributed by atoms with E-state index in [1.54, 1.807) is 6.20 Å². The van der Waals surface area contributed by atoms with Crippen LogP contribution in [0.15, 0.2) is 59.9 Å². The number of nitrogens with one attached hydrogen (secondary N) is 2. The van der Waals surface area contributed by atoms with Gasteiger partial charge in [-0.2, -0.15) is 0 Å². The van der Waals surface area contributed by atoms with Crippen LogP contribution in [0.4, 0.5) is 10.6 Å². The highest BCUT2D eigenvalue weighted by atomic mass is 16.5. The second kappa shape index (κ2) is 10.4. The number of amides is 2. The van der Waals surface area contributed by atoms with E-state index in [4.69, 9.17) is 9.47 Å². The zero-order chi connectivity index (χ0) is 23.2. The minimum atomic E-state index is -0.605. The highest BCUT2D eigenvalue weighted by Crippen LogP contribution is 2.29. The summed E-state index contributed by atoms with van der Waals surface area (Å²) in [6, 6.07) is 12.3. The van der Waals surface area contributed by atoms with Gasteiger partial charge in [-0.1, -0.05) is 18.2 Å². The number of anilines is 1. The van der Waals surface area contributed by atoms with Gasteiger partial charge in [0.05, 0.1) is 25.3 Å². The zero-order valence-electron chi connectivity index (χ0n) is 18.9. The van der Waals surface area contributed by atoms with E-state index < -0.39 is 12.0 Å². The number of esters is 1. The number of piperazine rings is 1. The summed E-state index contributed by atoms with van der Waals surface area (Å²) in [5.41, 5.74) is 1.76. The van der Waals surface area contributed by atoms with E-state index in [2.05, 4.69) is 25.4 Å². The molecule has 0 unspecified atom stereocenters. The first-order chi connectivity index (χ1) is 16.1. The third-order valence-corrected chi connectivity index (χ3v) is 5.81. The topological polar surface area (TPSA) is 96.0 Å². The molecule has 2 amide bonds. The number of urea groups is 1. The van der Waals surface area contributed by atoms with Crippen LogP contribution in [-0.4, -0.2) is 68.3 Å². The van der Waals surface area contributed by atoms with E-state index >= 15 is 0 Å². The van der Waals surface area contributed by atoms with Gasteiger partial charge in [-0.15, -0.1) is 0 Å². The first-order valence-corrected chi connectivity index (χ1v) is 11.1. The lowest BCUT2D eigenvalue weighted by Gasteiger charge is -2.37. The molecule has 0 radical (unpaired) electrons. The van der Waals surface area contributed by atoms with Crippen LogP contribution >= 0.6 is 0 Å². The first-order valence-electron chi connectivity index (χ1n) is 11.1. The van der Waals surface area contributed by atoms with Crippen molar-refractivity contribution in [3.05, 3.63) is 65.5 Å². The largest absolute Gasteiger partial charge is 0.494 e. The molecule has 0 bridgehead atoms. The zero-order valence-corrected chi connectivity index (χ0v) is 18.9. The minimum absolute atomic E-state index is 0.344. The van der Waals surface area contributed by atoms with E-state index in [0.29, 0.717) is 24.4 Å². The predicted molar refractivity (Wildman–Crippen MR) is 124 cm³/mol. The van der Waals surface area contributed by atoms with Crippen molar-refractivity contribution in [3.8, 4) is 5.75 Å². The fourth-order valence-electron chi connectivity index (χ4n) is 4.17. The van der Waals surface area contributed by atoms with Crippen molar-refractivity contribution < 1.29 is 19.1 Å². The number of methoxy groups -OCH3 is 1. The van der Waals surface area contributed by atoms with Gasteiger partial charge in [0.1, 0.15) is 11.6 Å². The summed E-state index contributed by atoms with van der Waals surface area (Å²) in [6.07, 6.45) is 1.79. The molecule has 2 aliphatic rings. The third kappa shape index (κ3) is 5.25. The maximum atomic E-state index is 12.8. The molecule has 1 atom stereocenters. The van der Waals surface area contributed by atoms with Crippen molar-refractivity contribution in [1.82, 2.24) is 20.5 Å². The fourth-order valence-corrected chi connectivity index (χ4v) is 4.17. The average Bonchev–Trinajstić information content (AvgIpc) is 2.85. The maximum absolute atomic E-state index is 12.8. The van der Waals surface area contributed by atoms with Crippen molar-refractivity contribution in [2.45, 2.75) is 13.0 Å². The Kier molecular flexibility index (Phi) is 7.09. The van der Waals surface area contributed by atoms with Crippen LogP contribution in [0.1, 0.15) is 18.5 Å². The number of hydrogen-bond acceptors (Lipinski definition) is 7. The summed E-state index contributed by atoms with van der Waals surface area (Å²) in [6.45, 7) is 6.12. The predicted octanol–water partition coefficient (Wildman–Crippen LogP) is 2.08. The van der Waals surface area contributed by atoms with Gasteiger partial charge in [0.25, 0.3) is 0 Å². The summed E-state index contributed by atoms with van der Waals surface area (Å²) < 4.78 is 10.6. The van der Waals surface area contributed by atoms with Gasteiger partial charge in [0, 0.05) is 44.6 Å². The van der Waals surface area contributed by atoms with Gasteiger partial charge in [-0.3, -0.25) is 4.90 Å². The molecule has 2 aliphatic heterocycles. The number of nitrogens with zero attached hydrogens (tertiary/aromatic N) is 3. The molecule has 174 valence electrons. The van der Waals surface area contributed by atoms with Crippen molar-refractivity contribution >= 4 is 17.8 Å². The lowest BCUT2D eigenvalue weighted by atomic mass is 9.95. The number of rotatable bonds is 7. The van der Waals surface area contributed by atoms with Gasteiger partial charge in [-0.05, 0) is 36.8 Å². The van der Waals surface area contributed by atoms with Crippen molar-refractivity contribution in [1.29, 1.82) is 0 Å². The lowest BCUT2D eigenvalue weighted by Crippen LogP contribution is -2.51. The molecule has 1 saturated heterocycles. The molecular formula is C24H29N5O4. The van der Waals surface area contributed by atoms with Crippen molar-refractivity contribution in [3.63, 3.8) is 0 Å². The number of carbonyl (C=O) groups excluding carboxylic acids is 2. The average molecular weight is 452 g/mol. The number of carbonyl (C=O) groups is 2. The second-order valence-electron chi connectivity index (χ2n) is 7.87. The smallest absolute Gasteiger partial charge is 0.338 e. The Labute approximate surface area is 193 Å². The van der Waals surface area contributed by atoms with E-state index in [9.17, 15) is 9.59 Å². The molecule has 0 spiro atoms.